The van der Waals surface area contributed by atoms with Gasteiger partial charge in [-0.1, -0.05) is 13.3 Å². The molecule has 0 bridgehead atoms. The molecule has 22 heavy (non-hydrogen) atoms. The quantitative estimate of drug-likeness (QED) is 0.584. The number of ether oxygens (including phenoxy) is 2. The van der Waals surface area contributed by atoms with Crippen LogP contribution in [-0.2, 0) is 15.7 Å². The standard InChI is InChI=1S/C15H20F3NO3/c1-3-5-8-22-14(20)10-19-12-9-11(15(16,17)18)6-7-13(12)21-4-2/h6-7,9,19H,3-5,8,10H2,1-2H3. The Hall–Kier alpha value is -1.92. The maximum atomic E-state index is 12.7. The number of unbranched alkanes of at least 4 members (excludes halogenated alkanes) is 1. The van der Waals surface area contributed by atoms with Crippen LogP contribution < -0.4 is 10.1 Å². The van der Waals surface area contributed by atoms with Crippen molar-refractivity contribution in [2.24, 2.45) is 0 Å². The lowest BCUT2D eigenvalue weighted by molar-refractivity contribution is -0.141. The summed E-state index contributed by atoms with van der Waals surface area (Å²) >= 11 is 0. The van der Waals surface area contributed by atoms with E-state index in [1.807, 2.05) is 6.92 Å². The lowest BCUT2D eigenvalue weighted by atomic mass is 10.1. The van der Waals surface area contributed by atoms with Gasteiger partial charge in [0.2, 0.25) is 0 Å². The Morgan fingerprint density at radius 1 is 1.27 bits per heavy atom. The Balaban J connectivity index is 2.75. The minimum Gasteiger partial charge on any atom is -0.492 e. The summed E-state index contributed by atoms with van der Waals surface area (Å²) in [6.07, 6.45) is -2.81. The summed E-state index contributed by atoms with van der Waals surface area (Å²) in [6.45, 7) is 4.08. The highest BCUT2D eigenvalue weighted by Crippen LogP contribution is 2.34. The van der Waals surface area contributed by atoms with Crippen LogP contribution in [0.2, 0.25) is 0 Å². The fourth-order valence-electron chi connectivity index (χ4n) is 1.67. The minimum atomic E-state index is -4.46. The van der Waals surface area contributed by atoms with E-state index in [9.17, 15) is 18.0 Å². The van der Waals surface area contributed by atoms with Crippen molar-refractivity contribution in [3.8, 4) is 5.75 Å². The van der Waals surface area contributed by atoms with Gasteiger partial charge in [-0.25, -0.2) is 0 Å². The van der Waals surface area contributed by atoms with Crippen molar-refractivity contribution in [3.05, 3.63) is 23.8 Å². The number of anilines is 1. The van der Waals surface area contributed by atoms with E-state index in [0.717, 1.165) is 25.0 Å². The molecule has 0 aromatic heterocycles. The van der Waals surface area contributed by atoms with E-state index in [4.69, 9.17) is 9.47 Å². The first kappa shape index (κ1) is 18.1. The summed E-state index contributed by atoms with van der Waals surface area (Å²) < 4.78 is 48.4. The molecule has 1 aromatic rings. The molecular formula is C15H20F3NO3. The largest absolute Gasteiger partial charge is 0.492 e. The molecule has 0 heterocycles. The van der Waals surface area contributed by atoms with Crippen LogP contribution in [0.4, 0.5) is 18.9 Å². The summed E-state index contributed by atoms with van der Waals surface area (Å²) in [7, 11) is 0. The number of esters is 1. The van der Waals surface area contributed by atoms with Crippen LogP contribution in [-0.4, -0.2) is 25.7 Å². The number of halogens is 3. The van der Waals surface area contributed by atoms with Crippen molar-refractivity contribution < 1.29 is 27.4 Å². The third-order valence-corrected chi connectivity index (χ3v) is 2.79. The Bertz CT molecular complexity index is 489. The molecule has 124 valence electrons. The van der Waals surface area contributed by atoms with Gasteiger partial charge in [-0.15, -0.1) is 0 Å². The molecule has 7 heteroatoms. The first-order valence-electron chi connectivity index (χ1n) is 7.12. The monoisotopic (exact) mass is 319 g/mol. The molecule has 1 rings (SSSR count). The number of rotatable bonds is 8. The average molecular weight is 319 g/mol. The molecule has 0 spiro atoms. The summed E-state index contributed by atoms with van der Waals surface area (Å²) in [5.74, 6) is -0.259. The second-order valence-electron chi connectivity index (χ2n) is 4.57. The van der Waals surface area contributed by atoms with Crippen LogP contribution in [0.15, 0.2) is 18.2 Å². The minimum absolute atomic E-state index is 0.115. The fraction of sp³-hybridized carbons (Fsp3) is 0.533. The summed E-state index contributed by atoms with van der Waals surface area (Å²) in [5.41, 5.74) is -0.693. The Morgan fingerprint density at radius 3 is 2.59 bits per heavy atom. The van der Waals surface area contributed by atoms with Crippen molar-refractivity contribution in [1.29, 1.82) is 0 Å². The van der Waals surface area contributed by atoms with Crippen molar-refractivity contribution >= 4 is 11.7 Å². The van der Waals surface area contributed by atoms with E-state index < -0.39 is 17.7 Å². The fourth-order valence-corrected chi connectivity index (χ4v) is 1.67. The van der Waals surface area contributed by atoms with E-state index >= 15 is 0 Å². The van der Waals surface area contributed by atoms with Crippen LogP contribution >= 0.6 is 0 Å². The summed E-state index contributed by atoms with van der Waals surface area (Å²) in [6, 6.07) is 3.09. The SMILES string of the molecule is CCCCOC(=O)CNc1cc(C(F)(F)F)ccc1OCC. The highest BCUT2D eigenvalue weighted by molar-refractivity contribution is 5.76. The van der Waals surface area contributed by atoms with Gasteiger partial charge in [0.1, 0.15) is 12.3 Å². The Morgan fingerprint density at radius 2 is 2.00 bits per heavy atom. The molecule has 0 aliphatic carbocycles. The zero-order chi connectivity index (χ0) is 16.6. The number of carbonyl (C=O) groups excluding carboxylic acids is 1. The molecule has 0 saturated heterocycles. The number of benzene rings is 1. The molecule has 0 fully saturated rings. The van der Waals surface area contributed by atoms with Crippen LogP contribution in [0.3, 0.4) is 0 Å². The number of hydrogen-bond acceptors (Lipinski definition) is 4. The van der Waals surface area contributed by atoms with Crippen LogP contribution in [0, 0.1) is 0 Å². The average Bonchev–Trinajstić information content (AvgIpc) is 2.45. The molecule has 1 N–H and O–H groups in total. The molecule has 0 atom stereocenters. The highest BCUT2D eigenvalue weighted by Gasteiger charge is 2.31. The molecule has 1 aromatic carbocycles. The smallest absolute Gasteiger partial charge is 0.416 e. The molecule has 0 amide bonds. The third-order valence-electron chi connectivity index (χ3n) is 2.79. The molecule has 0 aliphatic rings. The van der Waals surface area contributed by atoms with Crippen molar-refractivity contribution in [3.63, 3.8) is 0 Å². The van der Waals surface area contributed by atoms with Crippen LogP contribution in [0.1, 0.15) is 32.3 Å². The number of carbonyl (C=O) groups is 1. The first-order chi connectivity index (χ1) is 10.4. The van der Waals surface area contributed by atoms with Gasteiger partial charge in [-0.05, 0) is 31.5 Å². The van der Waals surface area contributed by atoms with E-state index in [2.05, 4.69) is 5.32 Å². The topological polar surface area (TPSA) is 47.6 Å². The van der Waals surface area contributed by atoms with Gasteiger partial charge in [-0.2, -0.15) is 13.2 Å². The van der Waals surface area contributed by atoms with Gasteiger partial charge in [-0.3, -0.25) is 4.79 Å². The molecular weight excluding hydrogens is 299 g/mol. The second-order valence-corrected chi connectivity index (χ2v) is 4.57. The lowest BCUT2D eigenvalue weighted by Crippen LogP contribution is -2.18. The van der Waals surface area contributed by atoms with Gasteiger partial charge in [0.25, 0.3) is 0 Å². The normalized spacial score (nSPS) is 11.1. The Labute approximate surface area is 127 Å². The van der Waals surface area contributed by atoms with Gasteiger partial charge in [0.05, 0.1) is 24.5 Å². The molecule has 0 unspecified atom stereocenters. The zero-order valence-corrected chi connectivity index (χ0v) is 12.6. The lowest BCUT2D eigenvalue weighted by Gasteiger charge is -2.15. The predicted octanol–water partition coefficient (Wildman–Crippen LogP) is 3.86. The van der Waals surface area contributed by atoms with Crippen LogP contribution in [0.25, 0.3) is 0 Å². The second kappa shape index (κ2) is 8.51. The summed E-state index contributed by atoms with van der Waals surface area (Å²) in [5, 5.41) is 2.64. The maximum absolute atomic E-state index is 12.7. The molecule has 0 radical (unpaired) electrons. The van der Waals surface area contributed by atoms with Crippen molar-refractivity contribution in [1.82, 2.24) is 0 Å². The number of alkyl halides is 3. The van der Waals surface area contributed by atoms with Gasteiger partial charge in [0, 0.05) is 0 Å². The van der Waals surface area contributed by atoms with Gasteiger partial charge in [0.15, 0.2) is 0 Å². The zero-order valence-electron chi connectivity index (χ0n) is 12.6. The molecule has 4 nitrogen and oxygen atoms in total. The predicted molar refractivity (Wildman–Crippen MR) is 77.0 cm³/mol. The van der Waals surface area contributed by atoms with Crippen molar-refractivity contribution in [2.75, 3.05) is 25.1 Å². The molecule has 0 aliphatic heterocycles. The third kappa shape index (κ3) is 5.83. The summed E-state index contributed by atoms with van der Waals surface area (Å²) in [4.78, 5) is 11.5. The Kier molecular flexibility index (Phi) is 7.01. The van der Waals surface area contributed by atoms with Gasteiger partial charge < -0.3 is 14.8 Å². The maximum Gasteiger partial charge on any atom is 0.416 e. The number of nitrogens with one attached hydrogen (secondary N) is 1. The highest BCUT2D eigenvalue weighted by atomic mass is 19.4. The van der Waals surface area contributed by atoms with Crippen LogP contribution in [0.5, 0.6) is 5.75 Å². The first-order valence-corrected chi connectivity index (χ1v) is 7.12. The van der Waals surface area contributed by atoms with Gasteiger partial charge >= 0.3 is 12.1 Å². The van der Waals surface area contributed by atoms with E-state index in [1.165, 1.54) is 6.07 Å². The number of hydrogen-bond donors (Lipinski definition) is 1. The van der Waals surface area contributed by atoms with E-state index in [-0.39, 0.29) is 18.0 Å². The van der Waals surface area contributed by atoms with E-state index in [1.54, 1.807) is 6.92 Å². The van der Waals surface area contributed by atoms with Crippen molar-refractivity contribution in [2.45, 2.75) is 32.9 Å². The van der Waals surface area contributed by atoms with E-state index in [0.29, 0.717) is 13.2 Å². The molecule has 0 saturated carbocycles.